The van der Waals surface area contributed by atoms with Crippen molar-refractivity contribution in [3.8, 4) is 5.75 Å². The molecule has 0 aromatic carbocycles. The Balaban J connectivity index is 1.83. The van der Waals surface area contributed by atoms with Crippen LogP contribution in [0.3, 0.4) is 0 Å². The fourth-order valence-electron chi connectivity index (χ4n) is 2.09. The summed E-state index contributed by atoms with van der Waals surface area (Å²) in [5.41, 5.74) is 1.04. The number of nitrogens with zero attached hydrogens (tertiary/aromatic N) is 2. The zero-order chi connectivity index (χ0) is 10.8. The Labute approximate surface area is 94.2 Å². The first-order valence-electron chi connectivity index (χ1n) is 5.73. The molecule has 0 radical (unpaired) electrons. The van der Waals surface area contributed by atoms with Crippen LogP contribution in [0.5, 0.6) is 5.75 Å². The number of ether oxygens (including phenoxy) is 1. The van der Waals surface area contributed by atoms with Crippen molar-refractivity contribution in [1.82, 2.24) is 14.9 Å². The zero-order valence-corrected chi connectivity index (χ0v) is 9.10. The van der Waals surface area contributed by atoms with Gasteiger partial charge in [-0.15, -0.1) is 0 Å². The number of rotatable bonds is 2. The summed E-state index contributed by atoms with van der Waals surface area (Å²) in [6.45, 7) is 2.09. The smallest absolute Gasteiger partial charge is 0.165 e. The minimum atomic E-state index is 0.328. The van der Waals surface area contributed by atoms with Gasteiger partial charge in [0.15, 0.2) is 5.75 Å². The van der Waals surface area contributed by atoms with Crippen LogP contribution in [0.2, 0.25) is 0 Å². The van der Waals surface area contributed by atoms with Gasteiger partial charge in [-0.25, -0.2) is 4.52 Å². The third kappa shape index (κ3) is 1.76. The summed E-state index contributed by atoms with van der Waals surface area (Å²) in [7, 11) is 0. The van der Waals surface area contributed by atoms with E-state index in [0.29, 0.717) is 6.10 Å². The lowest BCUT2D eigenvalue weighted by Gasteiger charge is -2.23. The Morgan fingerprint density at radius 3 is 3.06 bits per heavy atom. The summed E-state index contributed by atoms with van der Waals surface area (Å²) in [5, 5.41) is 7.59. The van der Waals surface area contributed by atoms with Gasteiger partial charge in [-0.05, 0) is 38.1 Å². The van der Waals surface area contributed by atoms with E-state index in [0.717, 1.165) is 37.2 Å². The van der Waals surface area contributed by atoms with Crippen molar-refractivity contribution in [3.05, 3.63) is 30.6 Å². The van der Waals surface area contributed by atoms with Gasteiger partial charge in [0.2, 0.25) is 0 Å². The van der Waals surface area contributed by atoms with Crippen LogP contribution in [0.1, 0.15) is 12.8 Å². The third-order valence-corrected chi connectivity index (χ3v) is 2.97. The molecule has 0 saturated carbocycles. The number of piperidine rings is 1. The fourth-order valence-corrected chi connectivity index (χ4v) is 2.09. The van der Waals surface area contributed by atoms with Crippen LogP contribution < -0.4 is 10.1 Å². The van der Waals surface area contributed by atoms with Crippen LogP contribution in [0, 0.1) is 0 Å². The Morgan fingerprint density at radius 1 is 1.31 bits per heavy atom. The molecule has 2 aromatic heterocycles. The minimum Gasteiger partial charge on any atom is -0.486 e. The summed E-state index contributed by atoms with van der Waals surface area (Å²) in [6, 6.07) is 6.00. The van der Waals surface area contributed by atoms with Gasteiger partial charge in [0.25, 0.3) is 0 Å². The highest BCUT2D eigenvalue weighted by molar-refractivity contribution is 5.58. The van der Waals surface area contributed by atoms with Gasteiger partial charge in [-0.3, -0.25) is 0 Å². The quantitative estimate of drug-likeness (QED) is 0.827. The van der Waals surface area contributed by atoms with Crippen LogP contribution in [-0.2, 0) is 0 Å². The highest BCUT2D eigenvalue weighted by Crippen LogP contribution is 2.22. The number of hydrogen-bond donors (Lipinski definition) is 1. The van der Waals surface area contributed by atoms with Gasteiger partial charge in [0.1, 0.15) is 11.6 Å². The zero-order valence-electron chi connectivity index (χ0n) is 9.10. The van der Waals surface area contributed by atoms with Crippen molar-refractivity contribution >= 4 is 5.52 Å². The van der Waals surface area contributed by atoms with E-state index in [1.807, 2.05) is 28.9 Å². The molecule has 1 aliphatic rings. The Morgan fingerprint density at radius 2 is 2.19 bits per heavy atom. The number of aromatic nitrogens is 2. The molecule has 3 heterocycles. The number of fused-ring (bicyclic) bond motifs is 1. The summed E-state index contributed by atoms with van der Waals surface area (Å²) in [4.78, 5) is 0. The summed E-state index contributed by atoms with van der Waals surface area (Å²) in [5.74, 6) is 0.896. The average Bonchev–Trinajstić information content (AvgIpc) is 2.74. The molecule has 1 saturated heterocycles. The van der Waals surface area contributed by atoms with Crippen molar-refractivity contribution in [3.63, 3.8) is 0 Å². The summed E-state index contributed by atoms with van der Waals surface area (Å²) < 4.78 is 7.83. The van der Waals surface area contributed by atoms with Gasteiger partial charge >= 0.3 is 0 Å². The predicted octanol–water partition coefficient (Wildman–Crippen LogP) is 1.47. The summed E-state index contributed by atoms with van der Waals surface area (Å²) >= 11 is 0. The fraction of sp³-hybridized carbons (Fsp3) is 0.417. The molecule has 16 heavy (non-hydrogen) atoms. The first-order chi connectivity index (χ1) is 7.93. The first kappa shape index (κ1) is 9.66. The van der Waals surface area contributed by atoms with E-state index in [1.54, 1.807) is 6.20 Å². The molecule has 1 fully saturated rings. The van der Waals surface area contributed by atoms with Crippen LogP contribution in [0.4, 0.5) is 0 Å². The Kier molecular flexibility index (Phi) is 2.50. The standard InChI is InChI=1S/C12H15N3O/c1-2-8-15-11(3-1)12(9-14-15)16-10-4-6-13-7-5-10/h1-3,8-10,13H,4-7H2. The van der Waals surface area contributed by atoms with Crippen LogP contribution >= 0.6 is 0 Å². The van der Waals surface area contributed by atoms with E-state index in [9.17, 15) is 0 Å². The molecule has 0 bridgehead atoms. The molecular formula is C12H15N3O. The van der Waals surface area contributed by atoms with E-state index < -0.39 is 0 Å². The molecule has 0 unspecified atom stereocenters. The molecule has 0 aliphatic carbocycles. The van der Waals surface area contributed by atoms with Gasteiger partial charge in [0, 0.05) is 6.20 Å². The number of nitrogens with one attached hydrogen (secondary N) is 1. The number of hydrogen-bond acceptors (Lipinski definition) is 3. The molecule has 1 aliphatic heterocycles. The van der Waals surface area contributed by atoms with Crippen molar-refractivity contribution in [1.29, 1.82) is 0 Å². The maximum absolute atomic E-state index is 5.99. The molecule has 1 N–H and O–H groups in total. The van der Waals surface area contributed by atoms with Crippen molar-refractivity contribution < 1.29 is 4.74 Å². The van der Waals surface area contributed by atoms with Crippen molar-refractivity contribution in [2.24, 2.45) is 0 Å². The maximum Gasteiger partial charge on any atom is 0.165 e. The van der Waals surface area contributed by atoms with E-state index in [4.69, 9.17) is 4.74 Å². The highest BCUT2D eigenvalue weighted by Gasteiger charge is 2.16. The van der Waals surface area contributed by atoms with Gasteiger partial charge < -0.3 is 10.1 Å². The molecule has 0 atom stereocenters. The van der Waals surface area contributed by atoms with Gasteiger partial charge in [-0.1, -0.05) is 6.07 Å². The predicted molar refractivity (Wildman–Crippen MR) is 61.7 cm³/mol. The van der Waals surface area contributed by atoms with Crippen molar-refractivity contribution in [2.45, 2.75) is 18.9 Å². The van der Waals surface area contributed by atoms with Crippen LogP contribution in [0.25, 0.3) is 5.52 Å². The van der Waals surface area contributed by atoms with Crippen LogP contribution in [-0.4, -0.2) is 28.8 Å². The number of pyridine rings is 1. The largest absolute Gasteiger partial charge is 0.486 e. The normalized spacial score (nSPS) is 17.8. The second-order valence-corrected chi connectivity index (χ2v) is 4.11. The first-order valence-corrected chi connectivity index (χ1v) is 5.73. The molecule has 0 amide bonds. The highest BCUT2D eigenvalue weighted by atomic mass is 16.5. The second-order valence-electron chi connectivity index (χ2n) is 4.11. The van der Waals surface area contributed by atoms with E-state index in [1.165, 1.54) is 0 Å². The van der Waals surface area contributed by atoms with Gasteiger partial charge in [0.05, 0.1) is 6.20 Å². The lowest BCUT2D eigenvalue weighted by Crippen LogP contribution is -2.34. The summed E-state index contributed by atoms with van der Waals surface area (Å²) in [6.07, 6.45) is 6.21. The molecular weight excluding hydrogens is 202 g/mol. The molecule has 0 spiro atoms. The van der Waals surface area contributed by atoms with Gasteiger partial charge in [-0.2, -0.15) is 5.10 Å². The Bertz CT molecular complexity index is 474. The van der Waals surface area contributed by atoms with Crippen molar-refractivity contribution in [2.75, 3.05) is 13.1 Å². The van der Waals surface area contributed by atoms with E-state index in [-0.39, 0.29) is 0 Å². The monoisotopic (exact) mass is 217 g/mol. The Hall–Kier alpha value is -1.55. The third-order valence-electron chi connectivity index (χ3n) is 2.97. The van der Waals surface area contributed by atoms with Crippen LogP contribution in [0.15, 0.2) is 30.6 Å². The van der Waals surface area contributed by atoms with E-state index in [2.05, 4.69) is 10.4 Å². The maximum atomic E-state index is 5.99. The lowest BCUT2D eigenvalue weighted by atomic mass is 10.1. The molecule has 2 aromatic rings. The molecule has 84 valence electrons. The average molecular weight is 217 g/mol. The minimum absolute atomic E-state index is 0.328. The second kappa shape index (κ2) is 4.14. The molecule has 3 rings (SSSR count). The topological polar surface area (TPSA) is 38.6 Å². The SMILES string of the molecule is c1ccn2ncc(OC3CCNCC3)c2c1. The molecule has 4 nitrogen and oxygen atoms in total. The lowest BCUT2D eigenvalue weighted by molar-refractivity contribution is 0.164. The molecule has 4 heteroatoms. The van der Waals surface area contributed by atoms with E-state index >= 15 is 0 Å².